The lowest BCUT2D eigenvalue weighted by Crippen LogP contribution is -2.37. The third-order valence-electron chi connectivity index (χ3n) is 3.52. The molecule has 106 valence electrons. The van der Waals surface area contributed by atoms with Crippen molar-refractivity contribution in [1.82, 2.24) is 9.47 Å². The van der Waals surface area contributed by atoms with E-state index in [4.69, 9.17) is 4.74 Å². The van der Waals surface area contributed by atoms with Crippen LogP contribution in [0.2, 0.25) is 0 Å². The van der Waals surface area contributed by atoms with Crippen LogP contribution in [0.3, 0.4) is 0 Å². The van der Waals surface area contributed by atoms with Gasteiger partial charge in [0.2, 0.25) is 5.43 Å². The molecule has 1 aromatic rings. The van der Waals surface area contributed by atoms with Crippen LogP contribution < -0.4 is 5.43 Å². The summed E-state index contributed by atoms with van der Waals surface area (Å²) in [7, 11) is 0. The molecule has 0 bridgehead atoms. The van der Waals surface area contributed by atoms with Gasteiger partial charge in [-0.1, -0.05) is 6.92 Å². The van der Waals surface area contributed by atoms with Gasteiger partial charge in [0.25, 0.3) is 0 Å². The van der Waals surface area contributed by atoms with Crippen LogP contribution in [-0.2, 0) is 17.8 Å². The van der Waals surface area contributed by atoms with Crippen LogP contribution in [0.25, 0.3) is 0 Å². The van der Waals surface area contributed by atoms with Crippen LogP contribution in [-0.4, -0.2) is 40.9 Å². The molecule has 0 amide bonds. The van der Waals surface area contributed by atoms with E-state index in [1.54, 1.807) is 0 Å². The summed E-state index contributed by atoms with van der Waals surface area (Å²) in [4.78, 5) is 14.0. The Kier molecular flexibility index (Phi) is 4.61. The van der Waals surface area contributed by atoms with Gasteiger partial charge in [0.15, 0.2) is 5.75 Å². The van der Waals surface area contributed by atoms with Gasteiger partial charge in [0, 0.05) is 37.9 Å². The third kappa shape index (κ3) is 3.16. The molecule has 0 unspecified atom stereocenters. The highest BCUT2D eigenvalue weighted by Gasteiger charge is 2.17. The summed E-state index contributed by atoms with van der Waals surface area (Å²) in [5, 5.41) is 10.1. The number of aryl methyl sites for hydroxylation is 1. The molecule has 2 heterocycles. The summed E-state index contributed by atoms with van der Waals surface area (Å²) in [5.41, 5.74) is 1.36. The maximum absolute atomic E-state index is 11.8. The van der Waals surface area contributed by atoms with Crippen LogP contribution in [0.4, 0.5) is 0 Å². The average Bonchev–Trinajstić information content (AvgIpc) is 2.41. The maximum atomic E-state index is 11.8. The molecule has 0 atom stereocenters. The number of ether oxygens (including phenoxy) is 1. The first-order chi connectivity index (χ1) is 9.13. The first kappa shape index (κ1) is 14.1. The molecular formula is C14H22N2O3. The smallest absolute Gasteiger partial charge is 0.223 e. The van der Waals surface area contributed by atoms with Crippen molar-refractivity contribution in [2.75, 3.05) is 26.3 Å². The highest BCUT2D eigenvalue weighted by molar-refractivity contribution is 5.29. The van der Waals surface area contributed by atoms with Crippen molar-refractivity contribution in [3.8, 4) is 5.75 Å². The Morgan fingerprint density at radius 2 is 2.05 bits per heavy atom. The number of hydrogen-bond acceptors (Lipinski definition) is 4. The highest BCUT2D eigenvalue weighted by atomic mass is 16.5. The Bertz CT molecular complexity index is 490. The predicted octanol–water partition coefficient (Wildman–Crippen LogP) is 1.10. The number of rotatable bonds is 4. The summed E-state index contributed by atoms with van der Waals surface area (Å²) < 4.78 is 7.37. The van der Waals surface area contributed by atoms with Crippen LogP contribution in [0, 0.1) is 6.92 Å². The Morgan fingerprint density at radius 3 is 2.68 bits per heavy atom. The van der Waals surface area contributed by atoms with E-state index >= 15 is 0 Å². The molecule has 1 fully saturated rings. The van der Waals surface area contributed by atoms with Crippen molar-refractivity contribution in [1.29, 1.82) is 0 Å². The summed E-state index contributed by atoms with van der Waals surface area (Å²) in [6.45, 7) is 8.54. The fourth-order valence-electron chi connectivity index (χ4n) is 2.49. The van der Waals surface area contributed by atoms with Gasteiger partial charge in [-0.2, -0.15) is 0 Å². The molecule has 5 nitrogen and oxygen atoms in total. The largest absolute Gasteiger partial charge is 0.503 e. The zero-order chi connectivity index (χ0) is 13.8. The van der Waals surface area contributed by atoms with Gasteiger partial charge in [-0.05, 0) is 13.3 Å². The molecule has 0 aromatic carbocycles. The lowest BCUT2D eigenvalue weighted by molar-refractivity contribution is 0.0326. The summed E-state index contributed by atoms with van der Waals surface area (Å²) in [5.74, 6) is -0.106. The standard InChI is InChI=1S/C14H22N2O3/c1-3-4-16-11(2)9-13(17)14(18)12(16)10-15-5-7-19-8-6-15/h9,18H,3-8,10H2,1-2H3. The minimum absolute atomic E-state index is 0.106. The Hall–Kier alpha value is -1.33. The van der Waals surface area contributed by atoms with Gasteiger partial charge >= 0.3 is 0 Å². The summed E-state index contributed by atoms with van der Waals surface area (Å²) in [6.07, 6.45) is 0.971. The van der Waals surface area contributed by atoms with E-state index in [2.05, 4.69) is 11.8 Å². The minimum atomic E-state index is -0.284. The molecule has 1 N–H and O–H groups in total. The van der Waals surface area contributed by atoms with E-state index in [1.807, 2.05) is 11.5 Å². The highest BCUT2D eigenvalue weighted by Crippen LogP contribution is 2.18. The number of morpholine rings is 1. The van der Waals surface area contributed by atoms with Crippen LogP contribution in [0.5, 0.6) is 5.75 Å². The number of nitrogens with zero attached hydrogens (tertiary/aromatic N) is 2. The SMILES string of the molecule is CCCn1c(C)cc(=O)c(O)c1CN1CCOCC1. The zero-order valence-electron chi connectivity index (χ0n) is 11.7. The monoisotopic (exact) mass is 266 g/mol. The van der Waals surface area contributed by atoms with Gasteiger partial charge in [0.05, 0.1) is 18.9 Å². The molecule has 2 rings (SSSR count). The number of aromatic nitrogens is 1. The second-order valence-corrected chi connectivity index (χ2v) is 4.99. The van der Waals surface area contributed by atoms with Crippen molar-refractivity contribution >= 4 is 0 Å². The molecule has 0 aliphatic carbocycles. The number of aromatic hydroxyl groups is 1. The van der Waals surface area contributed by atoms with Crippen LogP contribution in [0.1, 0.15) is 24.7 Å². The number of hydrogen-bond donors (Lipinski definition) is 1. The molecule has 1 aliphatic rings. The maximum Gasteiger partial charge on any atom is 0.223 e. The average molecular weight is 266 g/mol. The molecule has 19 heavy (non-hydrogen) atoms. The molecule has 1 aliphatic heterocycles. The van der Waals surface area contributed by atoms with Crippen molar-refractivity contribution in [2.24, 2.45) is 0 Å². The first-order valence-electron chi connectivity index (χ1n) is 6.86. The number of pyridine rings is 1. The Balaban J connectivity index is 2.32. The van der Waals surface area contributed by atoms with Gasteiger partial charge in [-0.25, -0.2) is 0 Å². The van der Waals surface area contributed by atoms with Gasteiger partial charge in [-0.3, -0.25) is 9.69 Å². The van der Waals surface area contributed by atoms with Gasteiger partial charge in [0.1, 0.15) is 0 Å². The van der Waals surface area contributed by atoms with Crippen LogP contribution in [0.15, 0.2) is 10.9 Å². The van der Waals surface area contributed by atoms with Crippen molar-refractivity contribution in [2.45, 2.75) is 33.4 Å². The van der Waals surface area contributed by atoms with E-state index in [0.29, 0.717) is 19.8 Å². The molecule has 1 saturated heterocycles. The van der Waals surface area contributed by atoms with Gasteiger partial charge < -0.3 is 14.4 Å². The summed E-state index contributed by atoms with van der Waals surface area (Å²) in [6, 6.07) is 1.51. The molecule has 0 saturated carbocycles. The van der Waals surface area contributed by atoms with E-state index in [9.17, 15) is 9.90 Å². The van der Waals surface area contributed by atoms with Crippen LogP contribution >= 0.6 is 0 Å². The third-order valence-corrected chi connectivity index (χ3v) is 3.52. The molecule has 0 radical (unpaired) electrons. The van der Waals surface area contributed by atoms with E-state index in [0.717, 1.165) is 37.4 Å². The normalized spacial score (nSPS) is 16.7. The second kappa shape index (κ2) is 6.21. The zero-order valence-corrected chi connectivity index (χ0v) is 11.7. The summed E-state index contributed by atoms with van der Waals surface area (Å²) >= 11 is 0. The lowest BCUT2D eigenvalue weighted by Gasteiger charge is -2.28. The molecular weight excluding hydrogens is 244 g/mol. The molecule has 1 aromatic heterocycles. The van der Waals surface area contributed by atoms with Gasteiger partial charge in [-0.15, -0.1) is 0 Å². The lowest BCUT2D eigenvalue weighted by atomic mass is 10.2. The fourth-order valence-corrected chi connectivity index (χ4v) is 2.49. The Morgan fingerprint density at radius 1 is 1.37 bits per heavy atom. The first-order valence-corrected chi connectivity index (χ1v) is 6.86. The van der Waals surface area contributed by atoms with Crippen molar-refractivity contribution in [3.05, 3.63) is 27.7 Å². The predicted molar refractivity (Wildman–Crippen MR) is 73.5 cm³/mol. The Labute approximate surface area is 113 Å². The van der Waals surface area contributed by atoms with E-state index < -0.39 is 0 Å². The topological polar surface area (TPSA) is 54.7 Å². The van der Waals surface area contributed by atoms with E-state index in [1.165, 1.54) is 6.07 Å². The molecule has 0 spiro atoms. The fraction of sp³-hybridized carbons (Fsp3) is 0.643. The van der Waals surface area contributed by atoms with Crippen molar-refractivity contribution in [3.63, 3.8) is 0 Å². The minimum Gasteiger partial charge on any atom is -0.503 e. The van der Waals surface area contributed by atoms with E-state index in [-0.39, 0.29) is 11.2 Å². The second-order valence-electron chi connectivity index (χ2n) is 4.99. The quantitative estimate of drug-likeness (QED) is 0.887. The van der Waals surface area contributed by atoms with Crippen molar-refractivity contribution < 1.29 is 9.84 Å². The molecule has 5 heteroatoms.